The lowest BCUT2D eigenvalue weighted by molar-refractivity contribution is 0.169. The van der Waals surface area contributed by atoms with Crippen LogP contribution in [-0.2, 0) is 0 Å². The Morgan fingerprint density at radius 2 is 2.20 bits per heavy atom. The molecule has 4 heteroatoms. The van der Waals surface area contributed by atoms with Crippen molar-refractivity contribution >= 4 is 5.69 Å². The van der Waals surface area contributed by atoms with Gasteiger partial charge >= 0.3 is 0 Å². The summed E-state index contributed by atoms with van der Waals surface area (Å²) in [4.78, 5) is 2.37. The van der Waals surface area contributed by atoms with Crippen LogP contribution in [0, 0.1) is 0 Å². The second-order valence-corrected chi connectivity index (χ2v) is 5.66. The van der Waals surface area contributed by atoms with E-state index >= 15 is 0 Å². The SMILES string of the molecule is CCNC(C)(CO)CCN1CCCOc2ccccc21. The summed E-state index contributed by atoms with van der Waals surface area (Å²) in [5.74, 6) is 0.971. The summed E-state index contributed by atoms with van der Waals surface area (Å²) in [6.45, 7) is 7.89. The monoisotopic (exact) mass is 278 g/mol. The number of nitrogens with one attached hydrogen (secondary N) is 1. The fourth-order valence-electron chi connectivity index (χ4n) is 2.66. The smallest absolute Gasteiger partial charge is 0.142 e. The van der Waals surface area contributed by atoms with Gasteiger partial charge in [-0.2, -0.15) is 0 Å². The first-order chi connectivity index (χ1) is 9.68. The highest BCUT2D eigenvalue weighted by molar-refractivity contribution is 5.58. The number of aliphatic hydroxyl groups excluding tert-OH is 1. The van der Waals surface area contributed by atoms with Gasteiger partial charge in [0.25, 0.3) is 0 Å². The molecule has 1 aromatic rings. The second kappa shape index (κ2) is 6.95. The van der Waals surface area contributed by atoms with Crippen LogP contribution in [0.5, 0.6) is 5.75 Å². The van der Waals surface area contributed by atoms with Crippen LogP contribution in [-0.4, -0.2) is 43.5 Å². The van der Waals surface area contributed by atoms with Crippen LogP contribution in [0.1, 0.15) is 26.7 Å². The summed E-state index contributed by atoms with van der Waals surface area (Å²) in [6.07, 6.45) is 1.94. The van der Waals surface area contributed by atoms with E-state index in [0.717, 1.165) is 44.8 Å². The molecule has 1 unspecified atom stereocenters. The van der Waals surface area contributed by atoms with Crippen LogP contribution >= 0.6 is 0 Å². The average Bonchev–Trinajstić information content (AvgIpc) is 2.68. The molecule has 1 aromatic carbocycles. The lowest BCUT2D eigenvalue weighted by atomic mass is 9.98. The molecule has 4 nitrogen and oxygen atoms in total. The van der Waals surface area contributed by atoms with E-state index in [1.807, 2.05) is 12.1 Å². The number of hydrogen-bond acceptors (Lipinski definition) is 4. The molecule has 0 aromatic heterocycles. The van der Waals surface area contributed by atoms with Crippen LogP contribution in [0.2, 0.25) is 0 Å². The third-order valence-corrected chi connectivity index (χ3v) is 3.92. The second-order valence-electron chi connectivity index (χ2n) is 5.66. The summed E-state index contributed by atoms with van der Waals surface area (Å²) in [6, 6.07) is 8.21. The molecule has 0 radical (unpaired) electrons. The molecule has 0 bridgehead atoms. The van der Waals surface area contributed by atoms with E-state index in [2.05, 4.69) is 36.2 Å². The van der Waals surface area contributed by atoms with Crippen molar-refractivity contribution in [2.45, 2.75) is 32.2 Å². The van der Waals surface area contributed by atoms with Gasteiger partial charge in [-0.25, -0.2) is 0 Å². The summed E-state index contributed by atoms with van der Waals surface area (Å²) < 4.78 is 5.78. The molecule has 0 fully saturated rings. The molecule has 1 atom stereocenters. The fraction of sp³-hybridized carbons (Fsp3) is 0.625. The number of likely N-dealkylation sites (N-methyl/N-ethyl adjacent to an activating group) is 1. The number of hydrogen-bond donors (Lipinski definition) is 2. The Bertz CT molecular complexity index is 425. The van der Waals surface area contributed by atoms with Crippen molar-refractivity contribution in [1.82, 2.24) is 5.32 Å². The maximum atomic E-state index is 9.59. The Hall–Kier alpha value is -1.26. The molecule has 0 saturated carbocycles. The predicted octanol–water partition coefficient (Wildman–Crippen LogP) is 2.03. The first-order valence-electron chi connectivity index (χ1n) is 7.51. The molecule has 1 aliphatic heterocycles. The maximum Gasteiger partial charge on any atom is 0.142 e. The summed E-state index contributed by atoms with van der Waals surface area (Å²) >= 11 is 0. The summed E-state index contributed by atoms with van der Waals surface area (Å²) in [5, 5.41) is 13.0. The molecule has 1 aliphatic rings. The predicted molar refractivity (Wildman–Crippen MR) is 82.6 cm³/mol. The minimum absolute atomic E-state index is 0.160. The highest BCUT2D eigenvalue weighted by Gasteiger charge is 2.24. The van der Waals surface area contributed by atoms with Crippen LogP contribution in [0.3, 0.4) is 0 Å². The lowest BCUT2D eigenvalue weighted by Crippen LogP contribution is -2.48. The summed E-state index contributed by atoms with van der Waals surface area (Å²) in [7, 11) is 0. The van der Waals surface area contributed by atoms with Gasteiger partial charge in [0.15, 0.2) is 0 Å². The van der Waals surface area contributed by atoms with Crippen molar-refractivity contribution in [2.24, 2.45) is 0 Å². The topological polar surface area (TPSA) is 44.7 Å². The minimum atomic E-state index is -0.211. The van der Waals surface area contributed by atoms with Crippen molar-refractivity contribution in [3.05, 3.63) is 24.3 Å². The van der Waals surface area contributed by atoms with Gasteiger partial charge in [-0.15, -0.1) is 0 Å². The molecule has 1 heterocycles. The number of rotatable bonds is 6. The van der Waals surface area contributed by atoms with Crippen LogP contribution < -0.4 is 15.0 Å². The van der Waals surface area contributed by atoms with Crippen molar-refractivity contribution in [3.8, 4) is 5.75 Å². The van der Waals surface area contributed by atoms with Crippen molar-refractivity contribution < 1.29 is 9.84 Å². The van der Waals surface area contributed by atoms with E-state index in [-0.39, 0.29) is 12.1 Å². The molecule has 0 amide bonds. The van der Waals surface area contributed by atoms with Gasteiger partial charge in [-0.1, -0.05) is 19.1 Å². The van der Waals surface area contributed by atoms with Gasteiger partial charge in [0, 0.05) is 18.6 Å². The van der Waals surface area contributed by atoms with Crippen LogP contribution in [0.15, 0.2) is 24.3 Å². The van der Waals surface area contributed by atoms with Crippen LogP contribution in [0.25, 0.3) is 0 Å². The van der Waals surface area contributed by atoms with Crippen molar-refractivity contribution in [2.75, 3.05) is 37.7 Å². The van der Waals surface area contributed by atoms with Gasteiger partial charge in [-0.05, 0) is 38.4 Å². The molecule has 2 N–H and O–H groups in total. The van der Waals surface area contributed by atoms with E-state index in [9.17, 15) is 5.11 Å². The van der Waals surface area contributed by atoms with Gasteiger partial charge in [0.2, 0.25) is 0 Å². The maximum absolute atomic E-state index is 9.59. The first kappa shape index (κ1) is 15.1. The zero-order valence-electron chi connectivity index (χ0n) is 12.6. The molecular weight excluding hydrogens is 252 g/mol. The third-order valence-electron chi connectivity index (χ3n) is 3.92. The molecule has 20 heavy (non-hydrogen) atoms. The number of benzene rings is 1. The zero-order valence-corrected chi connectivity index (χ0v) is 12.6. The Morgan fingerprint density at radius 1 is 1.40 bits per heavy atom. The van der Waals surface area contributed by atoms with Crippen LogP contribution in [0.4, 0.5) is 5.69 Å². The number of nitrogens with zero attached hydrogens (tertiary/aromatic N) is 1. The number of anilines is 1. The van der Waals surface area contributed by atoms with E-state index in [1.165, 1.54) is 5.69 Å². The lowest BCUT2D eigenvalue weighted by Gasteiger charge is -2.32. The Labute approximate surface area is 121 Å². The average molecular weight is 278 g/mol. The van der Waals surface area contributed by atoms with Gasteiger partial charge in [0.1, 0.15) is 5.75 Å². The highest BCUT2D eigenvalue weighted by Crippen LogP contribution is 2.31. The number of para-hydroxylation sites is 2. The fourth-order valence-corrected chi connectivity index (χ4v) is 2.66. The molecule has 0 saturated heterocycles. The summed E-state index contributed by atoms with van der Waals surface area (Å²) in [5.41, 5.74) is 0.957. The first-order valence-corrected chi connectivity index (χ1v) is 7.51. The molecular formula is C16H26N2O2. The highest BCUT2D eigenvalue weighted by atomic mass is 16.5. The normalized spacial score (nSPS) is 17.9. The van der Waals surface area contributed by atoms with E-state index in [0.29, 0.717) is 0 Å². The van der Waals surface area contributed by atoms with Crippen molar-refractivity contribution in [1.29, 1.82) is 0 Å². The van der Waals surface area contributed by atoms with E-state index in [4.69, 9.17) is 4.74 Å². The van der Waals surface area contributed by atoms with E-state index in [1.54, 1.807) is 0 Å². The van der Waals surface area contributed by atoms with E-state index < -0.39 is 0 Å². The van der Waals surface area contributed by atoms with Gasteiger partial charge in [-0.3, -0.25) is 0 Å². The van der Waals surface area contributed by atoms with Gasteiger partial charge < -0.3 is 20.1 Å². The number of fused-ring (bicyclic) bond motifs is 1. The molecule has 112 valence electrons. The number of ether oxygens (including phenoxy) is 1. The zero-order chi connectivity index (χ0) is 14.4. The molecule has 2 rings (SSSR count). The third kappa shape index (κ3) is 3.64. The Kier molecular flexibility index (Phi) is 5.26. The van der Waals surface area contributed by atoms with Gasteiger partial charge in [0.05, 0.1) is 18.9 Å². The quantitative estimate of drug-likeness (QED) is 0.836. The molecule has 0 spiro atoms. The largest absolute Gasteiger partial charge is 0.491 e. The Balaban J connectivity index is 2.05. The molecule has 0 aliphatic carbocycles. The minimum Gasteiger partial charge on any atom is -0.491 e. The number of aliphatic hydroxyl groups is 1. The van der Waals surface area contributed by atoms with Crippen molar-refractivity contribution in [3.63, 3.8) is 0 Å². The Morgan fingerprint density at radius 3 is 2.95 bits per heavy atom. The standard InChI is InChI=1S/C16H26N2O2/c1-3-17-16(2,13-19)9-11-18-10-6-12-20-15-8-5-4-7-14(15)18/h4-5,7-8,17,19H,3,6,9-13H2,1-2H3.